The SMILES string of the molecule is CCN(C1=C(c2ccc(C)cc2C)C(=O)N(c2ccc(F)c(Cl)c2)C1=O)c1ccccc1. The van der Waals surface area contributed by atoms with Gasteiger partial charge in [-0.1, -0.05) is 53.6 Å². The van der Waals surface area contributed by atoms with E-state index in [2.05, 4.69) is 0 Å². The zero-order valence-corrected chi connectivity index (χ0v) is 18.8. The molecule has 1 heterocycles. The van der Waals surface area contributed by atoms with Crippen LogP contribution in [0.15, 0.2) is 72.4 Å². The van der Waals surface area contributed by atoms with Gasteiger partial charge >= 0.3 is 0 Å². The third-order valence-electron chi connectivity index (χ3n) is 5.53. The van der Waals surface area contributed by atoms with Gasteiger partial charge in [0.15, 0.2) is 0 Å². The maximum absolute atomic E-state index is 13.8. The molecule has 2 amide bonds. The van der Waals surface area contributed by atoms with Gasteiger partial charge in [0.05, 0.1) is 16.3 Å². The average molecular weight is 449 g/mol. The van der Waals surface area contributed by atoms with Crippen LogP contribution in [0.4, 0.5) is 15.8 Å². The van der Waals surface area contributed by atoms with Crippen LogP contribution < -0.4 is 9.80 Å². The van der Waals surface area contributed by atoms with Crippen LogP contribution in [0.3, 0.4) is 0 Å². The maximum Gasteiger partial charge on any atom is 0.282 e. The quantitative estimate of drug-likeness (QED) is 0.456. The number of carbonyl (C=O) groups excluding carboxylic acids is 2. The minimum Gasteiger partial charge on any atom is -0.337 e. The smallest absolute Gasteiger partial charge is 0.282 e. The van der Waals surface area contributed by atoms with Crippen LogP contribution in [0.1, 0.15) is 23.6 Å². The summed E-state index contributed by atoms with van der Waals surface area (Å²) in [5, 5.41) is -0.153. The van der Waals surface area contributed by atoms with Crippen LogP contribution in [0, 0.1) is 19.7 Å². The fraction of sp³-hybridized carbons (Fsp3) is 0.154. The summed E-state index contributed by atoms with van der Waals surface area (Å²) < 4.78 is 13.8. The number of para-hydroxylation sites is 1. The standard InChI is InChI=1S/C26H22ClFN2O2/c1-4-29(18-8-6-5-7-9-18)24-23(20-12-10-16(2)14-17(20)3)25(31)30(26(24)32)19-11-13-22(28)21(27)15-19/h5-15H,4H2,1-3H3. The molecule has 0 bridgehead atoms. The Labute approximate surface area is 191 Å². The Balaban J connectivity index is 1.94. The van der Waals surface area contributed by atoms with E-state index in [-0.39, 0.29) is 16.4 Å². The van der Waals surface area contributed by atoms with Gasteiger partial charge in [0, 0.05) is 12.2 Å². The number of anilines is 2. The number of hydrogen-bond donors (Lipinski definition) is 0. The Morgan fingerprint density at radius 3 is 2.28 bits per heavy atom. The van der Waals surface area contributed by atoms with Crippen LogP contribution in [-0.2, 0) is 9.59 Å². The van der Waals surface area contributed by atoms with Gasteiger partial charge in [-0.2, -0.15) is 0 Å². The number of likely N-dealkylation sites (N-methyl/N-ethyl adjacent to an activating group) is 1. The van der Waals surface area contributed by atoms with Crippen molar-refractivity contribution < 1.29 is 14.0 Å². The van der Waals surface area contributed by atoms with E-state index in [4.69, 9.17) is 11.6 Å². The van der Waals surface area contributed by atoms with Gasteiger partial charge in [-0.25, -0.2) is 9.29 Å². The molecule has 32 heavy (non-hydrogen) atoms. The van der Waals surface area contributed by atoms with E-state index in [1.54, 1.807) is 0 Å². The van der Waals surface area contributed by atoms with Crippen molar-refractivity contribution in [2.75, 3.05) is 16.3 Å². The Bertz CT molecular complexity index is 1250. The average Bonchev–Trinajstić information content (AvgIpc) is 3.02. The Morgan fingerprint density at radius 2 is 1.66 bits per heavy atom. The molecule has 4 nitrogen and oxygen atoms in total. The topological polar surface area (TPSA) is 40.6 Å². The van der Waals surface area contributed by atoms with Gasteiger partial charge in [0.25, 0.3) is 11.8 Å². The van der Waals surface area contributed by atoms with Crippen molar-refractivity contribution >= 4 is 40.4 Å². The molecule has 0 unspecified atom stereocenters. The lowest BCUT2D eigenvalue weighted by Crippen LogP contribution is -2.35. The third-order valence-corrected chi connectivity index (χ3v) is 5.82. The van der Waals surface area contributed by atoms with Crippen LogP contribution in [-0.4, -0.2) is 18.4 Å². The minimum atomic E-state index is -0.614. The summed E-state index contributed by atoms with van der Waals surface area (Å²) >= 11 is 5.96. The number of aryl methyl sites for hydroxylation is 2. The highest BCUT2D eigenvalue weighted by Gasteiger charge is 2.43. The first-order valence-corrected chi connectivity index (χ1v) is 10.7. The molecule has 0 radical (unpaired) electrons. The molecular weight excluding hydrogens is 427 g/mol. The molecule has 0 fully saturated rings. The molecule has 0 saturated heterocycles. The lowest BCUT2D eigenvalue weighted by atomic mass is 9.97. The van der Waals surface area contributed by atoms with E-state index in [1.165, 1.54) is 12.1 Å². The molecule has 1 aliphatic heterocycles. The molecule has 6 heteroatoms. The second-order valence-corrected chi connectivity index (χ2v) is 8.07. The van der Waals surface area contributed by atoms with Crippen molar-refractivity contribution in [2.24, 2.45) is 0 Å². The zero-order chi connectivity index (χ0) is 23.0. The highest BCUT2D eigenvalue weighted by atomic mass is 35.5. The Kier molecular flexibility index (Phi) is 5.85. The summed E-state index contributed by atoms with van der Waals surface area (Å²) in [6, 6.07) is 19.1. The monoisotopic (exact) mass is 448 g/mol. The molecule has 0 N–H and O–H groups in total. The summed E-state index contributed by atoms with van der Waals surface area (Å²) in [5.41, 5.74) is 4.27. The first-order valence-electron chi connectivity index (χ1n) is 10.3. The van der Waals surface area contributed by atoms with E-state index in [1.807, 2.05) is 74.2 Å². The fourth-order valence-electron chi connectivity index (χ4n) is 4.04. The summed E-state index contributed by atoms with van der Waals surface area (Å²) in [4.78, 5) is 30.3. The number of benzene rings is 3. The molecule has 4 rings (SSSR count). The van der Waals surface area contributed by atoms with Crippen molar-refractivity contribution in [2.45, 2.75) is 20.8 Å². The summed E-state index contributed by atoms with van der Waals surface area (Å²) in [6.07, 6.45) is 0. The number of amides is 2. The van der Waals surface area contributed by atoms with Crippen LogP contribution in [0.25, 0.3) is 5.57 Å². The predicted molar refractivity (Wildman–Crippen MR) is 126 cm³/mol. The number of halogens is 2. The summed E-state index contributed by atoms with van der Waals surface area (Å²) in [5.74, 6) is -1.55. The van der Waals surface area contributed by atoms with Crippen molar-refractivity contribution in [3.8, 4) is 0 Å². The first-order chi connectivity index (χ1) is 15.3. The fourth-order valence-corrected chi connectivity index (χ4v) is 4.22. The van der Waals surface area contributed by atoms with Gasteiger partial charge in [-0.15, -0.1) is 0 Å². The number of rotatable bonds is 5. The van der Waals surface area contributed by atoms with Crippen LogP contribution >= 0.6 is 11.6 Å². The zero-order valence-electron chi connectivity index (χ0n) is 18.0. The van der Waals surface area contributed by atoms with E-state index >= 15 is 0 Å². The largest absolute Gasteiger partial charge is 0.337 e. The molecule has 0 spiro atoms. The molecule has 0 aromatic heterocycles. The van der Waals surface area contributed by atoms with E-state index < -0.39 is 17.6 Å². The van der Waals surface area contributed by atoms with E-state index in [0.29, 0.717) is 17.7 Å². The van der Waals surface area contributed by atoms with Crippen molar-refractivity contribution in [3.63, 3.8) is 0 Å². The van der Waals surface area contributed by atoms with Gasteiger partial charge in [-0.3, -0.25) is 9.59 Å². The highest BCUT2D eigenvalue weighted by molar-refractivity contribution is 6.46. The van der Waals surface area contributed by atoms with E-state index in [0.717, 1.165) is 27.8 Å². The molecular formula is C26H22ClFN2O2. The van der Waals surface area contributed by atoms with Crippen molar-refractivity contribution in [3.05, 3.63) is 100.0 Å². The molecule has 0 aliphatic carbocycles. The summed E-state index contributed by atoms with van der Waals surface area (Å²) in [7, 11) is 0. The number of nitrogens with zero attached hydrogens (tertiary/aromatic N) is 2. The molecule has 0 saturated carbocycles. The van der Waals surface area contributed by atoms with Gasteiger partial charge in [0.1, 0.15) is 11.5 Å². The van der Waals surface area contributed by atoms with Gasteiger partial charge in [0.2, 0.25) is 0 Å². The molecule has 3 aromatic carbocycles. The second kappa shape index (κ2) is 8.60. The molecule has 162 valence electrons. The maximum atomic E-state index is 13.8. The Morgan fingerprint density at radius 1 is 0.938 bits per heavy atom. The number of carbonyl (C=O) groups is 2. The summed E-state index contributed by atoms with van der Waals surface area (Å²) in [6.45, 7) is 6.29. The van der Waals surface area contributed by atoms with Gasteiger partial charge < -0.3 is 4.90 Å². The van der Waals surface area contributed by atoms with E-state index in [9.17, 15) is 14.0 Å². The molecule has 3 aromatic rings. The van der Waals surface area contributed by atoms with Gasteiger partial charge in [-0.05, 0) is 62.2 Å². The highest BCUT2D eigenvalue weighted by Crippen LogP contribution is 2.38. The van der Waals surface area contributed by atoms with Crippen molar-refractivity contribution in [1.29, 1.82) is 0 Å². The second-order valence-electron chi connectivity index (χ2n) is 7.67. The predicted octanol–water partition coefficient (Wildman–Crippen LogP) is 5.91. The van der Waals surface area contributed by atoms with Crippen LogP contribution in [0.2, 0.25) is 5.02 Å². The van der Waals surface area contributed by atoms with Crippen molar-refractivity contribution in [1.82, 2.24) is 0 Å². The molecule has 0 atom stereocenters. The minimum absolute atomic E-state index is 0.153. The number of imide groups is 1. The molecule has 1 aliphatic rings. The van der Waals surface area contributed by atoms with Crippen LogP contribution in [0.5, 0.6) is 0 Å². The lowest BCUT2D eigenvalue weighted by Gasteiger charge is -2.25. The Hall–Kier alpha value is -3.44. The lowest BCUT2D eigenvalue weighted by molar-refractivity contribution is -0.120. The normalized spacial score (nSPS) is 13.8. The number of hydrogen-bond acceptors (Lipinski definition) is 3. The first kappa shape index (κ1) is 21.8. The third kappa shape index (κ3) is 3.69.